The van der Waals surface area contributed by atoms with Crippen LogP contribution < -0.4 is 10.1 Å². The standard InChI is InChI=1S/C11H16N6O2/c1-12-9-14-10(17-6-3-5-13-17)16-11(15-9)19-8-4-7-18-2/h3,5-6H,4,7-8H2,1-2H3,(H,12,14,15,16). The molecule has 0 radical (unpaired) electrons. The highest BCUT2D eigenvalue weighted by molar-refractivity contribution is 5.28. The first kappa shape index (κ1) is 13.2. The molecule has 0 aliphatic carbocycles. The lowest BCUT2D eigenvalue weighted by Crippen LogP contribution is -2.10. The van der Waals surface area contributed by atoms with Gasteiger partial charge in [-0.1, -0.05) is 0 Å². The van der Waals surface area contributed by atoms with Crippen molar-refractivity contribution in [2.45, 2.75) is 6.42 Å². The monoisotopic (exact) mass is 264 g/mol. The third-order valence-corrected chi connectivity index (χ3v) is 2.26. The van der Waals surface area contributed by atoms with Gasteiger partial charge in [-0.2, -0.15) is 20.1 Å². The molecule has 0 aliphatic heterocycles. The second-order valence-corrected chi connectivity index (χ2v) is 3.64. The summed E-state index contributed by atoms with van der Waals surface area (Å²) in [5.74, 6) is 0.841. The van der Waals surface area contributed by atoms with Crippen LogP contribution in [-0.4, -0.2) is 52.1 Å². The molecule has 0 unspecified atom stereocenters. The van der Waals surface area contributed by atoms with E-state index in [1.807, 2.05) is 0 Å². The van der Waals surface area contributed by atoms with Crippen LogP contribution in [0, 0.1) is 0 Å². The number of hydrogen-bond acceptors (Lipinski definition) is 7. The zero-order valence-electron chi connectivity index (χ0n) is 10.9. The van der Waals surface area contributed by atoms with Crippen LogP contribution in [-0.2, 0) is 4.74 Å². The first-order valence-corrected chi connectivity index (χ1v) is 5.89. The van der Waals surface area contributed by atoms with E-state index >= 15 is 0 Å². The van der Waals surface area contributed by atoms with Crippen molar-refractivity contribution in [2.24, 2.45) is 0 Å². The molecule has 2 rings (SSSR count). The molecule has 0 aromatic carbocycles. The Morgan fingerprint density at radius 1 is 1.26 bits per heavy atom. The van der Waals surface area contributed by atoms with Crippen molar-refractivity contribution in [1.82, 2.24) is 24.7 Å². The Kier molecular flexibility index (Phi) is 4.62. The summed E-state index contributed by atoms with van der Waals surface area (Å²) in [6.45, 7) is 1.12. The molecule has 2 aromatic rings. The summed E-state index contributed by atoms with van der Waals surface area (Å²) in [6.07, 6.45) is 4.18. The largest absolute Gasteiger partial charge is 0.463 e. The minimum Gasteiger partial charge on any atom is -0.463 e. The Morgan fingerprint density at radius 2 is 2.16 bits per heavy atom. The lowest BCUT2D eigenvalue weighted by molar-refractivity contribution is 0.168. The number of hydrogen-bond donors (Lipinski definition) is 1. The predicted molar refractivity (Wildman–Crippen MR) is 68.5 cm³/mol. The smallest absolute Gasteiger partial charge is 0.323 e. The van der Waals surface area contributed by atoms with Crippen LogP contribution >= 0.6 is 0 Å². The molecular formula is C11H16N6O2. The van der Waals surface area contributed by atoms with Gasteiger partial charge < -0.3 is 14.8 Å². The average Bonchev–Trinajstić information content (AvgIpc) is 2.97. The van der Waals surface area contributed by atoms with E-state index in [4.69, 9.17) is 9.47 Å². The molecule has 0 bridgehead atoms. The number of aromatic nitrogens is 5. The molecule has 0 saturated carbocycles. The van der Waals surface area contributed by atoms with Crippen LogP contribution in [0.5, 0.6) is 6.01 Å². The van der Waals surface area contributed by atoms with Gasteiger partial charge in [-0.05, 0) is 6.07 Å². The van der Waals surface area contributed by atoms with Gasteiger partial charge in [-0.25, -0.2) is 4.68 Å². The topological polar surface area (TPSA) is 87.0 Å². The molecule has 19 heavy (non-hydrogen) atoms. The Bertz CT molecular complexity index is 502. The third kappa shape index (κ3) is 3.62. The Hall–Kier alpha value is -2.22. The van der Waals surface area contributed by atoms with Crippen molar-refractivity contribution in [1.29, 1.82) is 0 Å². The fraction of sp³-hybridized carbons (Fsp3) is 0.455. The third-order valence-electron chi connectivity index (χ3n) is 2.26. The summed E-state index contributed by atoms with van der Waals surface area (Å²) < 4.78 is 12.0. The fourth-order valence-electron chi connectivity index (χ4n) is 1.38. The highest BCUT2D eigenvalue weighted by atomic mass is 16.5. The van der Waals surface area contributed by atoms with E-state index in [0.29, 0.717) is 25.1 Å². The Balaban J connectivity index is 2.12. The van der Waals surface area contributed by atoms with Crippen LogP contribution in [0.15, 0.2) is 18.5 Å². The van der Waals surface area contributed by atoms with Gasteiger partial charge in [-0.3, -0.25) is 0 Å². The predicted octanol–water partition coefficient (Wildman–Crippen LogP) is 0.514. The average molecular weight is 264 g/mol. The van der Waals surface area contributed by atoms with Crippen molar-refractivity contribution in [3.63, 3.8) is 0 Å². The first-order chi connectivity index (χ1) is 9.33. The molecule has 8 nitrogen and oxygen atoms in total. The van der Waals surface area contributed by atoms with Gasteiger partial charge in [0.2, 0.25) is 5.95 Å². The molecule has 1 N–H and O–H groups in total. The van der Waals surface area contributed by atoms with E-state index in [1.54, 1.807) is 37.3 Å². The fourth-order valence-corrected chi connectivity index (χ4v) is 1.38. The summed E-state index contributed by atoms with van der Waals surface area (Å²) in [7, 11) is 3.38. The van der Waals surface area contributed by atoms with Crippen molar-refractivity contribution < 1.29 is 9.47 Å². The van der Waals surface area contributed by atoms with E-state index in [2.05, 4.69) is 25.4 Å². The molecular weight excluding hydrogens is 248 g/mol. The summed E-state index contributed by atoms with van der Waals surface area (Å²) in [6, 6.07) is 2.06. The number of nitrogens with zero attached hydrogens (tertiary/aromatic N) is 5. The molecule has 0 spiro atoms. The van der Waals surface area contributed by atoms with E-state index < -0.39 is 0 Å². The number of nitrogens with one attached hydrogen (secondary N) is 1. The molecule has 0 atom stereocenters. The van der Waals surface area contributed by atoms with Gasteiger partial charge in [0.1, 0.15) is 0 Å². The Labute approximate surface area is 110 Å². The number of ether oxygens (including phenoxy) is 2. The summed E-state index contributed by atoms with van der Waals surface area (Å²) in [4.78, 5) is 12.5. The molecule has 0 fully saturated rings. The van der Waals surface area contributed by atoms with Crippen LogP contribution in [0.4, 0.5) is 5.95 Å². The molecule has 0 saturated heterocycles. The van der Waals surface area contributed by atoms with Gasteiger partial charge in [0, 0.05) is 39.6 Å². The van der Waals surface area contributed by atoms with Crippen molar-refractivity contribution in [3.8, 4) is 12.0 Å². The number of rotatable bonds is 7. The highest BCUT2D eigenvalue weighted by Crippen LogP contribution is 2.10. The van der Waals surface area contributed by atoms with E-state index in [0.717, 1.165) is 6.42 Å². The molecule has 0 aliphatic rings. The summed E-state index contributed by atoms with van der Waals surface area (Å²) in [5, 5.41) is 6.94. The van der Waals surface area contributed by atoms with E-state index in [9.17, 15) is 0 Å². The lowest BCUT2D eigenvalue weighted by Gasteiger charge is -2.07. The van der Waals surface area contributed by atoms with Gasteiger partial charge in [-0.15, -0.1) is 0 Å². The summed E-state index contributed by atoms with van der Waals surface area (Å²) in [5.41, 5.74) is 0. The van der Waals surface area contributed by atoms with Crippen LogP contribution in [0.3, 0.4) is 0 Å². The minimum atomic E-state index is 0.265. The molecule has 0 amide bonds. The van der Waals surface area contributed by atoms with Crippen molar-refractivity contribution in [2.75, 3.05) is 32.7 Å². The second kappa shape index (κ2) is 6.64. The normalized spacial score (nSPS) is 10.4. The van der Waals surface area contributed by atoms with Gasteiger partial charge in [0.25, 0.3) is 5.95 Å². The second-order valence-electron chi connectivity index (χ2n) is 3.64. The minimum absolute atomic E-state index is 0.265. The van der Waals surface area contributed by atoms with Gasteiger partial charge in [0.05, 0.1) is 6.61 Å². The Morgan fingerprint density at radius 3 is 2.84 bits per heavy atom. The zero-order chi connectivity index (χ0) is 13.5. The van der Waals surface area contributed by atoms with E-state index in [-0.39, 0.29) is 6.01 Å². The number of anilines is 1. The van der Waals surface area contributed by atoms with Gasteiger partial charge in [0.15, 0.2) is 0 Å². The molecule has 2 aromatic heterocycles. The first-order valence-electron chi connectivity index (χ1n) is 5.89. The molecule has 102 valence electrons. The maximum absolute atomic E-state index is 5.47. The summed E-state index contributed by atoms with van der Waals surface area (Å²) >= 11 is 0. The van der Waals surface area contributed by atoms with E-state index in [1.165, 1.54) is 0 Å². The van der Waals surface area contributed by atoms with Crippen LogP contribution in [0.25, 0.3) is 5.95 Å². The van der Waals surface area contributed by atoms with Crippen molar-refractivity contribution >= 4 is 5.95 Å². The molecule has 8 heteroatoms. The SMILES string of the molecule is CNc1nc(OCCCOC)nc(-n2cccn2)n1. The maximum atomic E-state index is 5.47. The zero-order valence-corrected chi connectivity index (χ0v) is 10.9. The van der Waals surface area contributed by atoms with Crippen LogP contribution in [0.2, 0.25) is 0 Å². The lowest BCUT2D eigenvalue weighted by atomic mass is 10.5. The highest BCUT2D eigenvalue weighted by Gasteiger charge is 2.08. The quantitative estimate of drug-likeness (QED) is 0.729. The maximum Gasteiger partial charge on any atom is 0.323 e. The number of methoxy groups -OCH3 is 1. The van der Waals surface area contributed by atoms with Crippen LogP contribution in [0.1, 0.15) is 6.42 Å². The van der Waals surface area contributed by atoms with Gasteiger partial charge >= 0.3 is 6.01 Å². The molecule has 2 heterocycles. The van der Waals surface area contributed by atoms with Crippen molar-refractivity contribution in [3.05, 3.63) is 18.5 Å².